The van der Waals surface area contributed by atoms with Gasteiger partial charge in [0.2, 0.25) is 0 Å². The van der Waals surface area contributed by atoms with Crippen molar-refractivity contribution in [1.82, 2.24) is 0 Å². The highest BCUT2D eigenvalue weighted by Crippen LogP contribution is 2.44. The van der Waals surface area contributed by atoms with Crippen molar-refractivity contribution in [3.63, 3.8) is 0 Å². The molecular weight excluding hydrogens is 535 g/mol. The Morgan fingerprint density at radius 2 is 1.72 bits per heavy atom. The molecule has 0 bridgehead atoms. The number of carbonyl (C=O) groups is 1. The van der Waals surface area contributed by atoms with Crippen molar-refractivity contribution in [3.8, 4) is 5.75 Å². The summed E-state index contributed by atoms with van der Waals surface area (Å²) in [7, 11) is -5.90. The monoisotopic (exact) mass is 581 g/mol. The molecule has 2 N–H and O–H groups in total. The number of fused-ring (bicyclic) bond motifs is 1. The molecule has 0 aromatic heterocycles. The van der Waals surface area contributed by atoms with Gasteiger partial charge in [0, 0.05) is 28.8 Å². The van der Waals surface area contributed by atoms with Gasteiger partial charge < -0.3 is 19.3 Å². The summed E-state index contributed by atoms with van der Waals surface area (Å²) < 4.78 is 72.9. The third-order valence-corrected chi connectivity index (χ3v) is 6.74. The number of ether oxygens (including phenoxy) is 1. The lowest BCUT2D eigenvalue weighted by molar-refractivity contribution is -0.150. The minimum atomic E-state index is -5.90. The molecule has 0 amide bonds. The zero-order valence-electron chi connectivity index (χ0n) is 24.7. The number of esters is 1. The van der Waals surface area contributed by atoms with Crippen molar-refractivity contribution in [2.75, 3.05) is 5.32 Å². The molecule has 1 aliphatic heterocycles. The minimum absolute atomic E-state index is 0.0972. The standard InChI is InChI=1S/C21H28F3NO5S.C4H10O.C3H8/c1-12-6-5-7-14(8-12)29-18(26)10-15-13(2)9-17-16(11-20(3,4)25-17)19(15)30-31(27,28)21(22,23)24;1-4(2,3)5;1-3-2/h9,12,14,25H,5-8,10-11H2,1-4H3;5H,1-3H3;3H2,1-2H3. The normalized spacial score (nSPS) is 20.3. The highest BCUT2D eigenvalue weighted by Gasteiger charge is 2.49. The van der Waals surface area contributed by atoms with Crippen LogP contribution in [-0.4, -0.2) is 42.2 Å². The smallest absolute Gasteiger partial charge is 0.462 e. The Kier molecular flexibility index (Phi) is 12.2. The van der Waals surface area contributed by atoms with Gasteiger partial charge in [-0.15, -0.1) is 0 Å². The minimum Gasteiger partial charge on any atom is -0.462 e. The van der Waals surface area contributed by atoms with Crippen molar-refractivity contribution in [2.45, 2.75) is 130 Å². The Balaban J connectivity index is 0.000000838. The predicted octanol–water partition coefficient (Wildman–Crippen LogP) is 6.83. The van der Waals surface area contributed by atoms with Gasteiger partial charge in [-0.05, 0) is 78.4 Å². The van der Waals surface area contributed by atoms with Gasteiger partial charge in [0.15, 0.2) is 5.75 Å². The van der Waals surface area contributed by atoms with E-state index in [4.69, 9.17) is 9.84 Å². The van der Waals surface area contributed by atoms with Crippen LogP contribution in [0.1, 0.15) is 104 Å². The number of hydrogen-bond acceptors (Lipinski definition) is 7. The highest BCUT2D eigenvalue weighted by atomic mass is 32.2. The van der Waals surface area contributed by atoms with E-state index < -0.39 is 38.5 Å². The van der Waals surface area contributed by atoms with E-state index in [1.807, 2.05) is 13.8 Å². The Morgan fingerprint density at radius 3 is 2.21 bits per heavy atom. The Bertz CT molecular complexity index is 1070. The van der Waals surface area contributed by atoms with Gasteiger partial charge in [0.1, 0.15) is 6.10 Å². The molecule has 3 rings (SSSR count). The summed E-state index contributed by atoms with van der Waals surface area (Å²) in [6.07, 6.45) is 4.36. The lowest BCUT2D eigenvalue weighted by Gasteiger charge is -2.26. The molecule has 226 valence electrons. The van der Waals surface area contributed by atoms with Crippen LogP contribution in [0, 0.1) is 12.8 Å². The molecule has 0 saturated heterocycles. The number of carbonyl (C=O) groups excluding carboxylic acids is 1. The van der Waals surface area contributed by atoms with E-state index in [2.05, 4.69) is 30.3 Å². The lowest BCUT2D eigenvalue weighted by Crippen LogP contribution is -2.30. The van der Waals surface area contributed by atoms with Crippen LogP contribution in [0.3, 0.4) is 0 Å². The predicted molar refractivity (Wildman–Crippen MR) is 147 cm³/mol. The van der Waals surface area contributed by atoms with Crippen LogP contribution in [0.25, 0.3) is 0 Å². The molecular formula is C28H46F3NO6S. The van der Waals surface area contributed by atoms with E-state index in [0.29, 0.717) is 22.7 Å². The first-order valence-corrected chi connectivity index (χ1v) is 14.9. The molecule has 1 aliphatic carbocycles. The maximum Gasteiger partial charge on any atom is 0.534 e. The van der Waals surface area contributed by atoms with Gasteiger partial charge in [0.05, 0.1) is 12.0 Å². The van der Waals surface area contributed by atoms with E-state index in [0.717, 1.165) is 25.7 Å². The van der Waals surface area contributed by atoms with Crippen LogP contribution in [-0.2, 0) is 32.5 Å². The molecule has 39 heavy (non-hydrogen) atoms. The van der Waals surface area contributed by atoms with Gasteiger partial charge in [-0.1, -0.05) is 33.6 Å². The first-order chi connectivity index (χ1) is 17.6. The Labute approximate surface area is 232 Å². The second kappa shape index (κ2) is 13.6. The molecule has 2 atom stereocenters. The van der Waals surface area contributed by atoms with E-state index in [1.165, 1.54) is 6.42 Å². The summed E-state index contributed by atoms with van der Waals surface area (Å²) in [5.41, 5.74) is -5.25. The lowest BCUT2D eigenvalue weighted by atomic mass is 9.88. The molecule has 2 unspecified atom stereocenters. The van der Waals surface area contributed by atoms with Gasteiger partial charge in [0.25, 0.3) is 0 Å². The average molecular weight is 582 g/mol. The van der Waals surface area contributed by atoms with E-state index in [9.17, 15) is 26.4 Å². The molecule has 7 nitrogen and oxygen atoms in total. The van der Waals surface area contributed by atoms with Crippen LogP contribution < -0.4 is 9.50 Å². The quantitative estimate of drug-likeness (QED) is 0.223. The fourth-order valence-corrected chi connectivity index (χ4v) is 4.86. The third kappa shape index (κ3) is 11.6. The van der Waals surface area contributed by atoms with Crippen LogP contribution in [0.4, 0.5) is 18.9 Å². The van der Waals surface area contributed by atoms with Crippen molar-refractivity contribution in [2.24, 2.45) is 5.92 Å². The first-order valence-electron chi connectivity index (χ1n) is 13.5. The number of rotatable bonds is 5. The van der Waals surface area contributed by atoms with E-state index in [-0.39, 0.29) is 24.5 Å². The zero-order valence-corrected chi connectivity index (χ0v) is 25.5. The summed E-state index contributed by atoms with van der Waals surface area (Å²) in [4.78, 5) is 12.6. The van der Waals surface area contributed by atoms with E-state index >= 15 is 0 Å². The summed E-state index contributed by atoms with van der Waals surface area (Å²) in [6.45, 7) is 16.8. The fraction of sp³-hybridized carbons (Fsp3) is 0.750. The third-order valence-electron chi connectivity index (χ3n) is 5.79. The average Bonchev–Trinajstić information content (AvgIpc) is 3.03. The molecule has 0 radical (unpaired) electrons. The molecule has 1 heterocycles. The largest absolute Gasteiger partial charge is 0.534 e. The van der Waals surface area contributed by atoms with Crippen LogP contribution in [0.2, 0.25) is 0 Å². The fourth-order valence-electron chi connectivity index (χ4n) is 4.35. The number of aliphatic hydroxyl groups is 1. The van der Waals surface area contributed by atoms with Gasteiger partial charge in [-0.25, -0.2) is 0 Å². The number of anilines is 1. The highest BCUT2D eigenvalue weighted by molar-refractivity contribution is 7.88. The number of nitrogens with one attached hydrogen (secondary N) is 1. The van der Waals surface area contributed by atoms with Crippen molar-refractivity contribution >= 4 is 21.8 Å². The second-order valence-corrected chi connectivity index (χ2v) is 13.7. The van der Waals surface area contributed by atoms with Gasteiger partial charge >= 0.3 is 21.6 Å². The number of alkyl halides is 3. The van der Waals surface area contributed by atoms with Crippen molar-refractivity contribution in [1.29, 1.82) is 0 Å². The molecule has 0 spiro atoms. The summed E-state index contributed by atoms with van der Waals surface area (Å²) in [5.74, 6) is -0.613. The SMILES string of the molecule is CC(C)(C)O.CCC.Cc1cc2c(c(OS(=O)(=O)C(F)(F)F)c1CC(=O)OC1CCCC(C)C1)CC(C)(C)N2. The first kappa shape index (κ1) is 35.0. The topological polar surface area (TPSA) is 102 Å². The molecule has 11 heteroatoms. The molecule has 1 saturated carbocycles. The van der Waals surface area contributed by atoms with Crippen LogP contribution in [0.5, 0.6) is 5.75 Å². The van der Waals surface area contributed by atoms with Crippen molar-refractivity contribution < 1.29 is 40.4 Å². The molecule has 1 fully saturated rings. The Morgan fingerprint density at radius 1 is 1.18 bits per heavy atom. The maximum atomic E-state index is 13.0. The molecule has 1 aromatic carbocycles. The van der Waals surface area contributed by atoms with Crippen molar-refractivity contribution in [3.05, 3.63) is 22.8 Å². The van der Waals surface area contributed by atoms with Crippen LogP contribution >= 0.6 is 0 Å². The molecule has 1 aromatic rings. The summed E-state index contributed by atoms with van der Waals surface area (Å²) >= 11 is 0. The molecule has 2 aliphatic rings. The number of benzene rings is 1. The second-order valence-electron chi connectivity index (χ2n) is 12.1. The summed E-state index contributed by atoms with van der Waals surface area (Å²) in [5, 5.41) is 11.7. The Hall–Kier alpha value is -2.01. The number of hydrogen-bond donors (Lipinski definition) is 2. The summed E-state index contributed by atoms with van der Waals surface area (Å²) in [6, 6.07) is 1.70. The maximum absolute atomic E-state index is 13.0. The van der Waals surface area contributed by atoms with Crippen LogP contribution in [0.15, 0.2) is 6.07 Å². The number of aryl methyl sites for hydroxylation is 1. The number of halogens is 3. The van der Waals surface area contributed by atoms with Gasteiger partial charge in [-0.3, -0.25) is 4.79 Å². The van der Waals surface area contributed by atoms with E-state index in [1.54, 1.807) is 33.8 Å². The zero-order chi connectivity index (χ0) is 30.4. The van der Waals surface area contributed by atoms with Gasteiger partial charge in [-0.2, -0.15) is 21.6 Å².